The molecule has 290 valence electrons. The maximum absolute atomic E-state index is 13.3. The summed E-state index contributed by atoms with van der Waals surface area (Å²) >= 11 is 7.85. The Hall–Kier alpha value is -5.74. The van der Waals surface area contributed by atoms with Gasteiger partial charge in [0.15, 0.2) is 5.82 Å². The molecule has 1 unspecified atom stereocenters. The van der Waals surface area contributed by atoms with Gasteiger partial charge in [-0.1, -0.05) is 29.8 Å². The molecule has 3 aliphatic rings. The lowest BCUT2D eigenvalue weighted by molar-refractivity contribution is -0.136. The van der Waals surface area contributed by atoms with E-state index in [1.165, 1.54) is 6.07 Å². The molecule has 0 radical (unpaired) electrons. The number of thiophene rings is 1. The first-order valence-corrected chi connectivity index (χ1v) is 19.5. The number of fused-ring (bicyclic) bond motifs is 4. The summed E-state index contributed by atoms with van der Waals surface area (Å²) in [6.45, 7) is 6.58. The number of benzene rings is 2. The molecular formula is C39H39ClN8O7S. The van der Waals surface area contributed by atoms with Gasteiger partial charge in [-0.15, -0.1) is 21.5 Å². The van der Waals surface area contributed by atoms with Crippen LogP contribution in [0.2, 0.25) is 5.02 Å². The summed E-state index contributed by atoms with van der Waals surface area (Å²) in [5.41, 5.74) is 3.90. The Bertz CT molecular complexity index is 2300. The predicted molar refractivity (Wildman–Crippen MR) is 206 cm³/mol. The van der Waals surface area contributed by atoms with Crippen molar-refractivity contribution in [3.8, 4) is 10.8 Å². The number of aliphatic imine (C=N–C) groups is 1. The third-order valence-electron chi connectivity index (χ3n) is 10.0. The van der Waals surface area contributed by atoms with Crippen molar-refractivity contribution in [3.63, 3.8) is 0 Å². The van der Waals surface area contributed by atoms with Crippen LogP contribution in [0.3, 0.4) is 0 Å². The van der Waals surface area contributed by atoms with Gasteiger partial charge in [-0.25, -0.2) is 0 Å². The quantitative estimate of drug-likeness (QED) is 0.132. The summed E-state index contributed by atoms with van der Waals surface area (Å²) in [6.07, 6.45) is 1.45. The second kappa shape index (κ2) is 16.2. The Labute approximate surface area is 330 Å². The van der Waals surface area contributed by atoms with Crippen LogP contribution in [0.1, 0.15) is 98.5 Å². The molecule has 0 aliphatic carbocycles. The zero-order valence-corrected chi connectivity index (χ0v) is 32.5. The highest BCUT2D eigenvalue weighted by Crippen LogP contribution is 2.40. The molecule has 0 bridgehead atoms. The Morgan fingerprint density at radius 3 is 2.48 bits per heavy atom. The van der Waals surface area contributed by atoms with Gasteiger partial charge in [-0.05, 0) is 69.9 Å². The summed E-state index contributed by atoms with van der Waals surface area (Å²) in [5, 5.41) is 18.3. The third-order valence-corrected chi connectivity index (χ3v) is 11.4. The minimum atomic E-state index is -1.08. The van der Waals surface area contributed by atoms with E-state index in [-0.39, 0.29) is 67.5 Å². The number of aromatic nitrogens is 3. The average molecular weight is 799 g/mol. The predicted octanol–water partition coefficient (Wildman–Crippen LogP) is 4.07. The molecule has 2 aromatic carbocycles. The number of unbranched alkanes of at least 4 members (excludes halogenated alkanes) is 1. The first-order chi connectivity index (χ1) is 26.9. The van der Waals surface area contributed by atoms with Gasteiger partial charge >= 0.3 is 0 Å². The van der Waals surface area contributed by atoms with Gasteiger partial charge in [0.05, 0.1) is 29.8 Å². The van der Waals surface area contributed by atoms with E-state index in [0.717, 1.165) is 37.2 Å². The van der Waals surface area contributed by atoms with Crippen LogP contribution in [0.4, 0.5) is 0 Å². The number of amides is 6. The number of hydrogen-bond donors (Lipinski definition) is 3. The molecule has 4 aromatic rings. The highest BCUT2D eigenvalue weighted by molar-refractivity contribution is 7.15. The molecule has 17 heteroatoms. The lowest BCUT2D eigenvalue weighted by Crippen LogP contribution is -2.54. The second-order valence-corrected chi connectivity index (χ2v) is 15.4. The number of aryl methyl sites for hydroxylation is 2. The number of ether oxygens (including phenoxy) is 1. The van der Waals surface area contributed by atoms with Crippen molar-refractivity contribution < 1.29 is 33.5 Å². The summed E-state index contributed by atoms with van der Waals surface area (Å²) in [5.74, 6) is -1.39. The average Bonchev–Trinajstić information content (AvgIpc) is 3.74. The fourth-order valence-corrected chi connectivity index (χ4v) is 8.40. The molecule has 3 aliphatic heterocycles. The van der Waals surface area contributed by atoms with E-state index in [1.807, 2.05) is 35.8 Å². The minimum Gasteiger partial charge on any atom is -0.491 e. The number of nitrogens with zero attached hydrogens (tertiary/aromatic N) is 5. The Morgan fingerprint density at radius 2 is 1.71 bits per heavy atom. The van der Waals surface area contributed by atoms with E-state index < -0.39 is 35.7 Å². The largest absolute Gasteiger partial charge is 0.491 e. The van der Waals surface area contributed by atoms with Crippen LogP contribution in [-0.2, 0) is 19.2 Å². The van der Waals surface area contributed by atoms with Gasteiger partial charge in [-0.2, -0.15) is 0 Å². The molecule has 0 spiro atoms. The van der Waals surface area contributed by atoms with Crippen LogP contribution >= 0.6 is 22.9 Å². The summed E-state index contributed by atoms with van der Waals surface area (Å²) in [7, 11) is 0. The number of hydrogen-bond acceptors (Lipinski definition) is 11. The Kier molecular flexibility index (Phi) is 11.1. The van der Waals surface area contributed by atoms with Crippen LogP contribution < -0.4 is 20.7 Å². The maximum Gasteiger partial charge on any atom is 0.266 e. The van der Waals surface area contributed by atoms with E-state index in [0.29, 0.717) is 36.1 Å². The molecule has 2 atom stereocenters. The minimum absolute atomic E-state index is 0.0205. The first-order valence-electron chi connectivity index (χ1n) is 18.3. The van der Waals surface area contributed by atoms with E-state index in [2.05, 4.69) is 40.0 Å². The van der Waals surface area contributed by atoms with Crippen molar-refractivity contribution in [1.82, 2.24) is 35.6 Å². The second-order valence-electron chi connectivity index (χ2n) is 13.7. The van der Waals surface area contributed by atoms with Gasteiger partial charge in [0, 0.05) is 40.4 Å². The molecule has 5 heterocycles. The number of carbonyl (C=O) groups excluding carboxylic acids is 6. The van der Waals surface area contributed by atoms with E-state index in [1.54, 1.807) is 23.5 Å². The monoisotopic (exact) mass is 798 g/mol. The number of piperidine rings is 1. The summed E-state index contributed by atoms with van der Waals surface area (Å²) in [4.78, 5) is 83.2. The van der Waals surface area contributed by atoms with Crippen molar-refractivity contribution in [3.05, 3.63) is 91.8 Å². The van der Waals surface area contributed by atoms with Crippen molar-refractivity contribution in [1.29, 1.82) is 0 Å². The van der Waals surface area contributed by atoms with Crippen molar-refractivity contribution in [2.45, 2.75) is 71.4 Å². The van der Waals surface area contributed by atoms with Crippen molar-refractivity contribution >= 4 is 64.1 Å². The van der Waals surface area contributed by atoms with Crippen molar-refractivity contribution in [2.75, 3.05) is 19.7 Å². The molecule has 1 saturated heterocycles. The molecule has 1 fully saturated rings. The van der Waals surface area contributed by atoms with Crippen molar-refractivity contribution in [2.24, 2.45) is 4.99 Å². The number of rotatable bonds is 13. The van der Waals surface area contributed by atoms with E-state index in [4.69, 9.17) is 21.3 Å². The van der Waals surface area contributed by atoms with Gasteiger partial charge in [-0.3, -0.25) is 48.5 Å². The van der Waals surface area contributed by atoms with E-state index >= 15 is 0 Å². The standard InChI is InChI=1S/C39H39ClN8O7S/c1-20-21(2)56-39-32(20)34(23-10-12-24(40)13-11-23)43-26(35-46-45-22(3)47(35)39)19-31(51)41-16-5-4-9-29(49)42-17-18-55-28-8-6-7-25-33(28)38(54)48(37(25)53)27-14-15-30(50)44-36(27)52/h6-8,10-13,26-27H,4-5,9,14-19H2,1-3H3,(H,41,51)(H,42,49)(H,44,50,52)/t26-,27?/m0/s1. The molecule has 15 nitrogen and oxygen atoms in total. The number of carbonyl (C=O) groups is 6. The summed E-state index contributed by atoms with van der Waals surface area (Å²) < 4.78 is 7.78. The Balaban J connectivity index is 0.881. The lowest BCUT2D eigenvalue weighted by atomic mass is 9.99. The molecule has 6 amide bonds. The van der Waals surface area contributed by atoms with Crippen LogP contribution in [0.15, 0.2) is 47.5 Å². The van der Waals surface area contributed by atoms with Gasteiger partial charge in [0.2, 0.25) is 23.6 Å². The number of nitrogens with one attached hydrogen (secondary N) is 3. The zero-order valence-electron chi connectivity index (χ0n) is 30.9. The van der Waals surface area contributed by atoms with Gasteiger partial charge in [0.1, 0.15) is 35.3 Å². The highest BCUT2D eigenvalue weighted by Gasteiger charge is 2.46. The molecule has 0 saturated carbocycles. The zero-order chi connectivity index (χ0) is 39.7. The van der Waals surface area contributed by atoms with Crippen LogP contribution in [0, 0.1) is 20.8 Å². The van der Waals surface area contributed by atoms with Gasteiger partial charge in [0.25, 0.3) is 11.8 Å². The molecule has 3 N–H and O–H groups in total. The topological polar surface area (TPSA) is 194 Å². The van der Waals surface area contributed by atoms with Gasteiger partial charge < -0.3 is 15.4 Å². The smallest absolute Gasteiger partial charge is 0.266 e. The SMILES string of the molecule is Cc1sc2c(c1C)C(c1ccc(Cl)cc1)=N[C@@H](CC(=O)NCCCCC(=O)NCCOc1cccc3c1C(=O)N(C1CCC(=O)NC1=O)C3=O)c1nnc(C)n1-2. The third kappa shape index (κ3) is 7.58. The Morgan fingerprint density at radius 1 is 0.946 bits per heavy atom. The lowest BCUT2D eigenvalue weighted by Gasteiger charge is -2.27. The number of halogens is 1. The molecular weight excluding hydrogens is 760 g/mol. The van der Waals surface area contributed by atoms with Crippen LogP contribution in [0.25, 0.3) is 5.00 Å². The van der Waals surface area contributed by atoms with E-state index in [9.17, 15) is 28.8 Å². The molecule has 2 aromatic heterocycles. The number of imide groups is 2. The van der Waals surface area contributed by atoms with Crippen LogP contribution in [-0.4, -0.2) is 86.6 Å². The molecule has 7 rings (SSSR count). The fraction of sp³-hybridized carbons (Fsp3) is 0.359. The van der Waals surface area contributed by atoms with Crippen LogP contribution in [0.5, 0.6) is 5.75 Å². The maximum atomic E-state index is 13.3. The highest BCUT2D eigenvalue weighted by atomic mass is 35.5. The fourth-order valence-electron chi connectivity index (χ4n) is 7.06. The molecule has 56 heavy (non-hydrogen) atoms. The first kappa shape index (κ1) is 38.5. The normalized spacial score (nSPS) is 17.4. The summed E-state index contributed by atoms with van der Waals surface area (Å²) in [6, 6.07) is 10.4.